The molecule has 0 aliphatic carbocycles. The van der Waals surface area contributed by atoms with E-state index in [0.717, 1.165) is 45.4 Å². The van der Waals surface area contributed by atoms with E-state index in [1.54, 1.807) is 0 Å². The fourth-order valence-electron chi connectivity index (χ4n) is 2.58. The standard InChI is InChI=1S/C15H30N2O2/c1-5-9-19-10-7-8-17-14(6-2)16-13(15(17)18)11-12(3)4/h12-14,16H,5-11H2,1-4H3. The van der Waals surface area contributed by atoms with Crippen LogP contribution in [0.15, 0.2) is 0 Å². The van der Waals surface area contributed by atoms with Crippen molar-refractivity contribution in [3.05, 3.63) is 0 Å². The minimum absolute atomic E-state index is 0.0153. The number of rotatable bonds is 9. The average Bonchev–Trinajstić information content (AvgIpc) is 2.66. The second kappa shape index (κ2) is 8.54. The van der Waals surface area contributed by atoms with Crippen LogP contribution in [0.2, 0.25) is 0 Å². The van der Waals surface area contributed by atoms with Gasteiger partial charge in [-0.15, -0.1) is 0 Å². The van der Waals surface area contributed by atoms with E-state index in [-0.39, 0.29) is 18.1 Å². The Morgan fingerprint density at radius 2 is 2.05 bits per heavy atom. The molecule has 1 aliphatic heterocycles. The van der Waals surface area contributed by atoms with Crippen molar-refractivity contribution in [2.45, 2.75) is 65.6 Å². The summed E-state index contributed by atoms with van der Waals surface area (Å²) in [6, 6.07) is 0.0153. The molecule has 1 amide bonds. The number of carbonyl (C=O) groups is 1. The Hall–Kier alpha value is -0.610. The van der Waals surface area contributed by atoms with E-state index in [0.29, 0.717) is 5.92 Å². The summed E-state index contributed by atoms with van der Waals surface area (Å²) in [7, 11) is 0. The summed E-state index contributed by atoms with van der Waals surface area (Å²) in [6.07, 6.45) is 4.09. The predicted octanol–water partition coefficient (Wildman–Crippen LogP) is 2.39. The lowest BCUT2D eigenvalue weighted by Gasteiger charge is -2.22. The van der Waals surface area contributed by atoms with E-state index in [2.05, 4.69) is 33.0 Å². The van der Waals surface area contributed by atoms with Crippen LogP contribution in [0.5, 0.6) is 0 Å². The van der Waals surface area contributed by atoms with Crippen molar-refractivity contribution in [1.82, 2.24) is 10.2 Å². The maximum Gasteiger partial charge on any atom is 0.241 e. The molecule has 4 heteroatoms. The minimum atomic E-state index is 0.0153. The largest absolute Gasteiger partial charge is 0.381 e. The Morgan fingerprint density at radius 1 is 1.32 bits per heavy atom. The van der Waals surface area contributed by atoms with E-state index in [1.165, 1.54) is 0 Å². The van der Waals surface area contributed by atoms with Gasteiger partial charge in [-0.1, -0.05) is 27.7 Å². The molecular formula is C15H30N2O2. The van der Waals surface area contributed by atoms with Gasteiger partial charge in [-0.3, -0.25) is 10.1 Å². The van der Waals surface area contributed by atoms with E-state index in [1.807, 2.05) is 4.90 Å². The van der Waals surface area contributed by atoms with Gasteiger partial charge in [0.1, 0.15) is 0 Å². The van der Waals surface area contributed by atoms with Crippen molar-refractivity contribution in [3.63, 3.8) is 0 Å². The highest BCUT2D eigenvalue weighted by Crippen LogP contribution is 2.19. The van der Waals surface area contributed by atoms with Crippen molar-refractivity contribution in [2.24, 2.45) is 5.92 Å². The summed E-state index contributed by atoms with van der Waals surface area (Å²) < 4.78 is 5.48. The van der Waals surface area contributed by atoms with Gasteiger partial charge in [-0.2, -0.15) is 0 Å². The number of hydrogen-bond acceptors (Lipinski definition) is 3. The topological polar surface area (TPSA) is 41.6 Å². The summed E-state index contributed by atoms with van der Waals surface area (Å²) in [6.45, 7) is 10.9. The molecule has 2 unspecified atom stereocenters. The van der Waals surface area contributed by atoms with Gasteiger partial charge in [0.2, 0.25) is 5.91 Å². The number of hydrogen-bond donors (Lipinski definition) is 1. The molecule has 0 aromatic carbocycles. The number of amides is 1. The van der Waals surface area contributed by atoms with E-state index in [9.17, 15) is 4.79 Å². The maximum absolute atomic E-state index is 12.4. The van der Waals surface area contributed by atoms with Crippen LogP contribution in [0.4, 0.5) is 0 Å². The van der Waals surface area contributed by atoms with Gasteiger partial charge in [-0.25, -0.2) is 0 Å². The molecule has 2 atom stereocenters. The molecular weight excluding hydrogens is 240 g/mol. The molecule has 0 saturated carbocycles. The number of nitrogens with one attached hydrogen (secondary N) is 1. The van der Waals surface area contributed by atoms with Crippen LogP contribution in [0.3, 0.4) is 0 Å². The molecule has 19 heavy (non-hydrogen) atoms. The molecule has 4 nitrogen and oxygen atoms in total. The van der Waals surface area contributed by atoms with Gasteiger partial charge < -0.3 is 9.64 Å². The first-order chi connectivity index (χ1) is 9.10. The van der Waals surface area contributed by atoms with Gasteiger partial charge in [0.05, 0.1) is 12.2 Å². The van der Waals surface area contributed by atoms with Crippen molar-refractivity contribution in [3.8, 4) is 0 Å². The third-order valence-corrected chi connectivity index (χ3v) is 3.48. The molecule has 1 rings (SSSR count). The lowest BCUT2D eigenvalue weighted by molar-refractivity contribution is -0.130. The average molecular weight is 270 g/mol. The number of ether oxygens (including phenoxy) is 1. The first-order valence-electron chi connectivity index (χ1n) is 7.74. The highest BCUT2D eigenvalue weighted by Gasteiger charge is 2.37. The van der Waals surface area contributed by atoms with Gasteiger partial charge >= 0.3 is 0 Å². The first kappa shape index (κ1) is 16.4. The fraction of sp³-hybridized carbons (Fsp3) is 0.933. The van der Waals surface area contributed by atoms with Gasteiger partial charge in [0.15, 0.2) is 0 Å². The number of carbonyl (C=O) groups excluding carboxylic acids is 1. The van der Waals surface area contributed by atoms with Gasteiger partial charge in [0, 0.05) is 19.8 Å². The Bertz CT molecular complexity index is 269. The SMILES string of the molecule is CCCOCCCN1C(=O)C(CC(C)C)NC1CC. The zero-order chi connectivity index (χ0) is 14.3. The number of nitrogens with zero attached hydrogens (tertiary/aromatic N) is 1. The third-order valence-electron chi connectivity index (χ3n) is 3.48. The highest BCUT2D eigenvalue weighted by molar-refractivity contribution is 5.84. The lowest BCUT2D eigenvalue weighted by atomic mass is 10.0. The zero-order valence-corrected chi connectivity index (χ0v) is 12.9. The summed E-state index contributed by atoms with van der Waals surface area (Å²) >= 11 is 0. The lowest BCUT2D eigenvalue weighted by Crippen LogP contribution is -2.37. The zero-order valence-electron chi connectivity index (χ0n) is 12.9. The summed E-state index contributed by atoms with van der Waals surface area (Å²) in [5.41, 5.74) is 0. The smallest absolute Gasteiger partial charge is 0.241 e. The predicted molar refractivity (Wildman–Crippen MR) is 77.9 cm³/mol. The second-order valence-corrected chi connectivity index (χ2v) is 5.77. The van der Waals surface area contributed by atoms with Gasteiger partial charge in [-0.05, 0) is 31.6 Å². The summed E-state index contributed by atoms with van der Waals surface area (Å²) in [5.74, 6) is 0.822. The summed E-state index contributed by atoms with van der Waals surface area (Å²) in [5, 5.41) is 3.46. The molecule has 1 heterocycles. The van der Waals surface area contributed by atoms with Crippen LogP contribution in [0.25, 0.3) is 0 Å². The van der Waals surface area contributed by atoms with Crippen molar-refractivity contribution < 1.29 is 9.53 Å². The van der Waals surface area contributed by atoms with Crippen LogP contribution in [-0.2, 0) is 9.53 Å². The second-order valence-electron chi connectivity index (χ2n) is 5.77. The molecule has 1 saturated heterocycles. The molecule has 1 aliphatic rings. The Labute approximate surface area is 117 Å². The van der Waals surface area contributed by atoms with E-state index >= 15 is 0 Å². The molecule has 0 aromatic heterocycles. The van der Waals surface area contributed by atoms with Crippen molar-refractivity contribution in [1.29, 1.82) is 0 Å². The molecule has 0 aromatic rings. The summed E-state index contributed by atoms with van der Waals surface area (Å²) in [4.78, 5) is 14.4. The van der Waals surface area contributed by atoms with Crippen molar-refractivity contribution in [2.75, 3.05) is 19.8 Å². The Kier molecular flexibility index (Phi) is 7.39. The van der Waals surface area contributed by atoms with Gasteiger partial charge in [0.25, 0.3) is 0 Å². The van der Waals surface area contributed by atoms with Crippen LogP contribution >= 0.6 is 0 Å². The third kappa shape index (κ3) is 5.11. The van der Waals surface area contributed by atoms with Crippen LogP contribution < -0.4 is 5.32 Å². The highest BCUT2D eigenvalue weighted by atomic mass is 16.5. The van der Waals surface area contributed by atoms with E-state index in [4.69, 9.17) is 4.74 Å². The molecule has 112 valence electrons. The minimum Gasteiger partial charge on any atom is -0.381 e. The monoisotopic (exact) mass is 270 g/mol. The Balaban J connectivity index is 2.39. The molecule has 0 spiro atoms. The maximum atomic E-state index is 12.4. The Morgan fingerprint density at radius 3 is 2.63 bits per heavy atom. The fourth-order valence-corrected chi connectivity index (χ4v) is 2.58. The van der Waals surface area contributed by atoms with E-state index < -0.39 is 0 Å². The van der Waals surface area contributed by atoms with Crippen LogP contribution in [0.1, 0.15) is 53.4 Å². The quantitative estimate of drug-likeness (QED) is 0.654. The molecule has 1 N–H and O–H groups in total. The van der Waals surface area contributed by atoms with Crippen LogP contribution in [0, 0.1) is 5.92 Å². The molecule has 0 radical (unpaired) electrons. The molecule has 0 bridgehead atoms. The molecule has 1 fully saturated rings. The van der Waals surface area contributed by atoms with Crippen molar-refractivity contribution >= 4 is 5.91 Å². The normalized spacial score (nSPS) is 23.6. The van der Waals surface area contributed by atoms with Crippen LogP contribution in [-0.4, -0.2) is 42.8 Å². The first-order valence-corrected chi connectivity index (χ1v) is 7.74.